The third-order valence-electron chi connectivity index (χ3n) is 4.75. The molecule has 0 aliphatic carbocycles. The van der Waals surface area contributed by atoms with Crippen LogP contribution in [0.4, 0.5) is 0 Å². The lowest BCUT2D eigenvalue weighted by molar-refractivity contribution is -0.139. The zero-order valence-electron chi connectivity index (χ0n) is 16.5. The Morgan fingerprint density at radius 1 is 1.14 bits per heavy atom. The number of aryl methyl sites for hydroxylation is 3. The number of nitrogens with zero attached hydrogens (tertiary/aromatic N) is 2. The Kier molecular flexibility index (Phi) is 6.73. The minimum atomic E-state index is -0.421. The number of esters is 1. The lowest BCUT2D eigenvalue weighted by Gasteiger charge is -2.06. The highest BCUT2D eigenvalue weighted by Gasteiger charge is 2.16. The number of carbonyl (C=O) groups is 2. The van der Waals surface area contributed by atoms with E-state index in [2.05, 4.69) is 6.07 Å². The second-order valence-electron chi connectivity index (χ2n) is 6.78. The minimum Gasteiger partial charge on any atom is -0.457 e. The number of para-hydroxylation sites is 1. The largest absolute Gasteiger partial charge is 0.457 e. The van der Waals surface area contributed by atoms with Crippen LogP contribution >= 0.6 is 11.8 Å². The molecule has 2 aromatic carbocycles. The Morgan fingerprint density at radius 3 is 2.69 bits per heavy atom. The lowest BCUT2D eigenvalue weighted by atomic mass is 10.1. The van der Waals surface area contributed by atoms with Crippen LogP contribution in [0.3, 0.4) is 0 Å². The fourth-order valence-electron chi connectivity index (χ4n) is 3.04. The predicted molar refractivity (Wildman–Crippen MR) is 114 cm³/mol. The van der Waals surface area contributed by atoms with Crippen LogP contribution in [0.15, 0.2) is 53.6 Å². The molecule has 1 heterocycles. The summed E-state index contributed by atoms with van der Waals surface area (Å²) in [4.78, 5) is 25.7. The average molecular weight is 407 g/mol. The van der Waals surface area contributed by atoms with Crippen molar-refractivity contribution >= 4 is 34.4 Å². The molecule has 29 heavy (non-hydrogen) atoms. The molecule has 0 spiro atoms. The highest BCUT2D eigenvalue weighted by Crippen LogP contribution is 2.23. The molecule has 148 valence electrons. The van der Waals surface area contributed by atoms with Crippen LogP contribution in [0.25, 0.3) is 10.9 Å². The quantitative estimate of drug-likeness (QED) is 0.308. The Hall–Kier alpha value is -3.04. The summed E-state index contributed by atoms with van der Waals surface area (Å²) in [5, 5.41) is 9.63. The maximum atomic E-state index is 12.6. The molecule has 0 radical (unpaired) electrons. The summed E-state index contributed by atoms with van der Waals surface area (Å²) < 4.78 is 7.09. The Morgan fingerprint density at radius 2 is 1.93 bits per heavy atom. The molecule has 0 saturated heterocycles. The van der Waals surface area contributed by atoms with Crippen LogP contribution in [0.2, 0.25) is 0 Å². The van der Waals surface area contributed by atoms with E-state index in [0.717, 1.165) is 15.8 Å². The van der Waals surface area contributed by atoms with E-state index in [9.17, 15) is 9.59 Å². The molecule has 0 bridgehead atoms. The van der Waals surface area contributed by atoms with Gasteiger partial charge in [0.15, 0.2) is 6.61 Å². The summed E-state index contributed by atoms with van der Waals surface area (Å²) >= 11 is 1.39. The van der Waals surface area contributed by atoms with E-state index in [1.807, 2.05) is 60.9 Å². The molecule has 3 aromatic rings. The van der Waals surface area contributed by atoms with Crippen LogP contribution < -0.4 is 0 Å². The van der Waals surface area contributed by atoms with Gasteiger partial charge in [-0.15, -0.1) is 11.8 Å². The first-order valence-electron chi connectivity index (χ1n) is 9.33. The number of ether oxygens (including phenoxy) is 1. The van der Waals surface area contributed by atoms with Gasteiger partial charge in [0.25, 0.3) is 0 Å². The molecule has 0 N–H and O–H groups in total. The molecular formula is C23H22N2O3S. The van der Waals surface area contributed by atoms with Crippen molar-refractivity contribution in [2.45, 2.75) is 31.7 Å². The highest BCUT2D eigenvalue weighted by atomic mass is 32.2. The number of carbonyl (C=O) groups excluding carboxylic acids is 2. The van der Waals surface area contributed by atoms with E-state index in [0.29, 0.717) is 18.5 Å². The van der Waals surface area contributed by atoms with Gasteiger partial charge in [-0.1, -0.05) is 24.3 Å². The van der Waals surface area contributed by atoms with Crippen LogP contribution in [-0.2, 0) is 16.1 Å². The number of rotatable bonds is 8. The monoisotopic (exact) mass is 406 g/mol. The van der Waals surface area contributed by atoms with Crippen molar-refractivity contribution in [3.63, 3.8) is 0 Å². The normalized spacial score (nSPS) is 10.7. The van der Waals surface area contributed by atoms with Crippen LogP contribution in [0, 0.1) is 25.2 Å². The molecule has 3 rings (SSSR count). The Bertz CT molecular complexity index is 1100. The second kappa shape index (κ2) is 9.44. The summed E-state index contributed by atoms with van der Waals surface area (Å²) in [6.45, 7) is 4.29. The van der Waals surface area contributed by atoms with Gasteiger partial charge in [-0.2, -0.15) is 5.26 Å². The maximum absolute atomic E-state index is 12.6. The van der Waals surface area contributed by atoms with Crippen molar-refractivity contribution in [3.05, 3.63) is 65.4 Å². The summed E-state index contributed by atoms with van der Waals surface area (Å²) in [5.74, 6) is -0.518. The van der Waals surface area contributed by atoms with Gasteiger partial charge in [0.1, 0.15) is 0 Å². The van der Waals surface area contributed by atoms with Gasteiger partial charge in [-0.3, -0.25) is 9.59 Å². The number of hydrogen-bond acceptors (Lipinski definition) is 5. The minimum absolute atomic E-state index is 0.152. The number of aromatic nitrogens is 1. The smallest absolute Gasteiger partial charge is 0.316 e. The molecule has 0 unspecified atom stereocenters. The molecule has 0 aliphatic heterocycles. The molecule has 1 aromatic heterocycles. The van der Waals surface area contributed by atoms with E-state index in [1.54, 1.807) is 6.20 Å². The Balaban J connectivity index is 1.61. The molecule has 0 aliphatic rings. The van der Waals surface area contributed by atoms with E-state index in [4.69, 9.17) is 10.00 Å². The van der Waals surface area contributed by atoms with Gasteiger partial charge < -0.3 is 9.30 Å². The van der Waals surface area contributed by atoms with Crippen LogP contribution in [0.1, 0.15) is 27.9 Å². The van der Waals surface area contributed by atoms with E-state index < -0.39 is 5.97 Å². The van der Waals surface area contributed by atoms with Gasteiger partial charge in [0.05, 0.1) is 18.2 Å². The van der Waals surface area contributed by atoms with Crippen LogP contribution in [-0.4, -0.2) is 28.7 Å². The number of benzene rings is 2. The van der Waals surface area contributed by atoms with Crippen LogP contribution in [0.5, 0.6) is 0 Å². The fourth-order valence-corrected chi connectivity index (χ4v) is 3.83. The molecule has 0 atom stereocenters. The molecule has 0 amide bonds. The van der Waals surface area contributed by atoms with Crippen molar-refractivity contribution in [1.29, 1.82) is 5.26 Å². The first kappa shape index (κ1) is 20.7. The number of hydrogen-bond donors (Lipinski definition) is 0. The van der Waals surface area contributed by atoms with Gasteiger partial charge in [-0.25, -0.2) is 0 Å². The maximum Gasteiger partial charge on any atom is 0.316 e. The SMILES string of the molecule is Cc1ccc(SCC(=O)OCC(=O)c2cn(CCC#N)c3ccccc23)cc1C. The first-order valence-corrected chi connectivity index (χ1v) is 10.3. The van der Waals surface area contributed by atoms with Gasteiger partial charge >= 0.3 is 5.97 Å². The van der Waals surface area contributed by atoms with Gasteiger partial charge in [0, 0.05) is 34.1 Å². The second-order valence-corrected chi connectivity index (χ2v) is 7.83. The van der Waals surface area contributed by atoms with Gasteiger partial charge in [0.2, 0.25) is 5.78 Å². The van der Waals surface area contributed by atoms with Crippen molar-refractivity contribution < 1.29 is 14.3 Å². The predicted octanol–water partition coefficient (Wildman–Crippen LogP) is 4.69. The fraction of sp³-hybridized carbons (Fsp3) is 0.261. The zero-order chi connectivity index (χ0) is 20.8. The third kappa shape index (κ3) is 5.07. The topological polar surface area (TPSA) is 72.1 Å². The summed E-state index contributed by atoms with van der Waals surface area (Å²) in [7, 11) is 0. The van der Waals surface area contributed by atoms with Crippen molar-refractivity contribution in [3.8, 4) is 6.07 Å². The number of nitriles is 1. The zero-order valence-corrected chi connectivity index (χ0v) is 17.3. The molecule has 5 nitrogen and oxygen atoms in total. The molecule has 0 saturated carbocycles. The summed E-state index contributed by atoms with van der Waals surface area (Å²) in [5.41, 5.74) is 3.78. The molecular weight excluding hydrogens is 384 g/mol. The highest BCUT2D eigenvalue weighted by molar-refractivity contribution is 8.00. The van der Waals surface area contributed by atoms with E-state index in [1.165, 1.54) is 22.9 Å². The molecule has 0 fully saturated rings. The van der Waals surface area contributed by atoms with E-state index in [-0.39, 0.29) is 18.1 Å². The number of ketones is 1. The van der Waals surface area contributed by atoms with Gasteiger partial charge in [-0.05, 0) is 43.2 Å². The summed E-state index contributed by atoms with van der Waals surface area (Å²) in [6, 6.07) is 15.7. The standard InChI is InChI=1S/C23H22N2O3S/c1-16-8-9-18(12-17(16)2)29-15-23(27)28-14-22(26)20-13-25(11-5-10-24)21-7-4-3-6-19(20)21/h3-4,6-9,12-13H,5,11,14-15H2,1-2H3. The lowest BCUT2D eigenvalue weighted by Crippen LogP contribution is -2.15. The number of fused-ring (bicyclic) bond motifs is 1. The number of Topliss-reactive ketones (excluding diaryl/α,β-unsaturated/α-hetero) is 1. The van der Waals surface area contributed by atoms with E-state index >= 15 is 0 Å². The Labute approximate surface area is 174 Å². The molecule has 6 heteroatoms. The van der Waals surface area contributed by atoms with Crippen molar-refractivity contribution in [2.75, 3.05) is 12.4 Å². The third-order valence-corrected chi connectivity index (χ3v) is 5.72. The summed E-state index contributed by atoms with van der Waals surface area (Å²) in [6.07, 6.45) is 2.10. The number of thioether (sulfide) groups is 1. The van der Waals surface area contributed by atoms with Crippen molar-refractivity contribution in [2.24, 2.45) is 0 Å². The van der Waals surface area contributed by atoms with Crippen molar-refractivity contribution in [1.82, 2.24) is 4.57 Å². The first-order chi connectivity index (χ1) is 14.0. The average Bonchev–Trinajstić information content (AvgIpc) is 3.10.